The van der Waals surface area contributed by atoms with Gasteiger partial charge in [-0.15, -0.1) is 115 Å². The smallest absolute Gasteiger partial charge is 0.0529 e. The van der Waals surface area contributed by atoms with E-state index in [1.807, 2.05) is 153 Å². The fourth-order valence-electron chi connectivity index (χ4n) is 17.0. The summed E-state index contributed by atoms with van der Waals surface area (Å²) >= 11 is 18.0. The van der Waals surface area contributed by atoms with Gasteiger partial charge in [0, 0.05) is 207 Å². The first kappa shape index (κ1) is 91.7. The van der Waals surface area contributed by atoms with Gasteiger partial charge in [0.15, 0.2) is 0 Å². The minimum absolute atomic E-state index is 0.711. The Morgan fingerprint density at radius 3 is 0.918 bits per heavy atom. The SMILES string of the molecule is CN(C)CCN1CCSc2cc(CC(=N)c3cccs3)ccc21.CN1CCCC1CCN1CCSc2cc(CC(=N)c3cccs3)ccc21.CNCCN1CCSc2cc(CC(=N)c3cccs3)ccc21.N=C(Cc1ccc2c(c1)SCCN2CCN1CCCC1)c1cccs1.N=C(Cc1ccc2c(c1)SCCN2CCN1CCCCC1)c1cccs1. The molecule has 15 nitrogen and oxygen atoms in total. The van der Waals surface area contributed by atoms with Gasteiger partial charge in [0.1, 0.15) is 0 Å². The molecule has 18 rings (SSSR count). The molecule has 0 amide bonds. The number of likely N-dealkylation sites (tertiary alicyclic amines) is 3. The van der Waals surface area contributed by atoms with Crippen LogP contribution >= 0.6 is 115 Å². The van der Waals surface area contributed by atoms with E-state index < -0.39 is 0 Å². The number of anilines is 5. The van der Waals surface area contributed by atoms with Crippen molar-refractivity contribution in [3.63, 3.8) is 0 Å². The third-order valence-electron chi connectivity index (χ3n) is 23.8. The fourth-order valence-corrected chi connectivity index (χ4v) is 25.9. The normalized spacial score (nSPS) is 17.0. The summed E-state index contributed by atoms with van der Waals surface area (Å²) in [5.74, 6) is 5.78. The van der Waals surface area contributed by atoms with E-state index in [2.05, 4.69) is 162 Å². The summed E-state index contributed by atoms with van der Waals surface area (Å²) < 4.78 is 0. The van der Waals surface area contributed by atoms with E-state index in [0.29, 0.717) is 24.3 Å². The van der Waals surface area contributed by atoms with E-state index in [0.717, 1.165) is 157 Å². The highest BCUT2D eigenvalue weighted by atomic mass is 32.2. The topological polar surface area (TPSA) is 160 Å². The van der Waals surface area contributed by atoms with E-state index in [-0.39, 0.29) is 0 Å². The van der Waals surface area contributed by atoms with E-state index in [9.17, 15) is 0 Å². The zero-order chi connectivity index (χ0) is 84.4. The lowest BCUT2D eigenvalue weighted by Crippen LogP contribution is -2.39. The molecule has 25 heteroatoms. The van der Waals surface area contributed by atoms with Gasteiger partial charge >= 0.3 is 0 Å². The summed E-state index contributed by atoms with van der Waals surface area (Å²) in [6, 6.07) is 54.9. The third-order valence-corrected chi connectivity index (χ3v) is 33.6. The van der Waals surface area contributed by atoms with E-state index in [4.69, 9.17) is 27.0 Å². The largest absolute Gasteiger partial charge is 0.370 e. The standard InChI is InChI=1S/2C21H27N3S2.C20H25N3S2.C18H23N3S2.C17H21N3S2/c1-23-9-2-4-17(23)8-10-24-11-13-26-21-15-16(6-7-19(21)24)14-18(22)20-5-3-12-25-20;22-18(20-5-4-13-25-20)15-17-6-7-19-21(16-17)26-14-12-24(19)11-10-23-8-2-1-3-9-23;21-17(19-4-3-12-24-19)14-16-5-6-18-20(15-16)25-13-11-23(18)10-9-22-7-1-2-8-22;1-20(2)7-8-21-9-11-23-18-13-14(5-6-16(18)21)12-15(19)17-4-3-10-22-17;1-19-6-7-20-8-10-22-17-12-13(4-5-15(17)20)11-14(18)16-3-2-9-21-16/h3,5-7,12,15,17,22H,2,4,8-11,13-14H2,1H3;4-7,13,16,22H,1-3,8-12,14-15H2;3-6,12,15,21H,1-2,7-11,13-14H2;3-6,10,13,19H,7-9,11-12H2,1-2H3;2-5,9,12,18-19H,6-8,10-11H2,1H3. The molecule has 0 spiro atoms. The minimum atomic E-state index is 0.711. The summed E-state index contributed by atoms with van der Waals surface area (Å²) in [7, 11) is 8.52. The van der Waals surface area contributed by atoms with Gasteiger partial charge < -0.3 is 76.5 Å². The molecule has 5 aromatic heterocycles. The lowest BCUT2D eigenvalue weighted by molar-refractivity contribution is 0.233. The zero-order valence-corrected chi connectivity index (χ0v) is 79.8. The van der Waals surface area contributed by atoms with Gasteiger partial charge in [-0.05, 0) is 252 Å². The number of thiophene rings is 5. The van der Waals surface area contributed by atoms with Gasteiger partial charge in [0.2, 0.25) is 0 Å². The fraction of sp³-hybridized carbons (Fsp3) is 0.433. The molecule has 646 valence electrons. The van der Waals surface area contributed by atoms with Crippen LogP contribution in [0.3, 0.4) is 0 Å². The number of benzene rings is 5. The molecule has 122 heavy (non-hydrogen) atoms. The van der Waals surface area contributed by atoms with Crippen LogP contribution in [0.2, 0.25) is 0 Å². The first-order chi connectivity index (χ1) is 59.7. The van der Waals surface area contributed by atoms with Crippen LogP contribution in [0.5, 0.6) is 0 Å². The lowest BCUT2D eigenvalue weighted by atomic mass is 10.1. The van der Waals surface area contributed by atoms with Gasteiger partial charge in [-0.25, -0.2) is 0 Å². The van der Waals surface area contributed by atoms with E-state index >= 15 is 0 Å². The molecular weight excluding hydrogens is 1700 g/mol. The second-order valence-electron chi connectivity index (χ2n) is 32.8. The minimum Gasteiger partial charge on any atom is -0.370 e. The van der Waals surface area contributed by atoms with Crippen LogP contribution in [0.25, 0.3) is 0 Å². The van der Waals surface area contributed by atoms with Gasteiger partial charge in [-0.3, -0.25) is 0 Å². The number of likely N-dealkylation sites (N-methyl/N-ethyl adjacent to an activating group) is 2. The molecule has 6 N–H and O–H groups in total. The molecule has 8 aliphatic heterocycles. The van der Waals surface area contributed by atoms with Gasteiger partial charge in [0.05, 0.1) is 57.0 Å². The summed E-state index contributed by atoms with van der Waals surface area (Å²) in [6.45, 7) is 22.1. The van der Waals surface area contributed by atoms with Crippen LogP contribution in [0, 0.1) is 27.0 Å². The molecule has 10 aromatic rings. The Bertz CT molecular complexity index is 4940. The van der Waals surface area contributed by atoms with Crippen molar-refractivity contribution in [2.45, 2.75) is 114 Å². The summed E-state index contributed by atoms with van der Waals surface area (Å²) in [5.41, 5.74) is 16.7. The Hall–Kier alpha value is -6.50. The molecular formula is C97H123N15S10. The predicted octanol–water partition coefficient (Wildman–Crippen LogP) is 21.2. The maximum absolute atomic E-state index is 8.33. The number of fused-ring (bicyclic) bond motifs is 5. The molecule has 1 atom stereocenters. The Morgan fingerprint density at radius 1 is 0.344 bits per heavy atom. The number of piperidine rings is 1. The van der Waals surface area contributed by atoms with Gasteiger partial charge in [-0.1, -0.05) is 67.1 Å². The number of rotatable bonds is 30. The monoisotopic (exact) mass is 1820 g/mol. The quantitative estimate of drug-likeness (QED) is 0.0236. The first-order valence-corrected chi connectivity index (χ1v) is 53.1. The molecule has 5 aromatic carbocycles. The van der Waals surface area contributed by atoms with E-state index in [1.54, 1.807) is 56.7 Å². The van der Waals surface area contributed by atoms with Crippen molar-refractivity contribution in [1.29, 1.82) is 27.0 Å². The lowest BCUT2D eigenvalue weighted by Gasteiger charge is -2.34. The van der Waals surface area contributed by atoms with Crippen LogP contribution in [0.1, 0.15) is 104 Å². The average molecular weight is 1820 g/mol. The van der Waals surface area contributed by atoms with Crippen molar-refractivity contribution in [1.82, 2.24) is 24.9 Å². The molecule has 3 saturated heterocycles. The Labute approximate surface area is 768 Å². The summed E-state index contributed by atoms with van der Waals surface area (Å²) in [6.07, 6.45) is 14.5. The van der Waals surface area contributed by atoms with E-state index in [1.165, 1.54) is 195 Å². The number of nitrogens with zero attached hydrogens (tertiary/aromatic N) is 9. The van der Waals surface area contributed by atoms with Gasteiger partial charge in [-0.2, -0.15) is 0 Å². The third kappa shape index (κ3) is 26.6. The van der Waals surface area contributed by atoms with Crippen molar-refractivity contribution in [3.8, 4) is 0 Å². The highest BCUT2D eigenvalue weighted by molar-refractivity contribution is 8.00. The first-order valence-electron chi connectivity index (χ1n) is 43.7. The number of thioether (sulfide) groups is 5. The molecule has 0 bridgehead atoms. The average Bonchev–Trinajstić information content (AvgIpc) is 1.07. The van der Waals surface area contributed by atoms with Gasteiger partial charge in [0.25, 0.3) is 0 Å². The number of nitrogens with one attached hydrogen (secondary N) is 6. The maximum atomic E-state index is 8.33. The van der Waals surface area contributed by atoms with Crippen molar-refractivity contribution in [2.75, 3.05) is 206 Å². The molecule has 1 unspecified atom stereocenters. The van der Waals surface area contributed by atoms with Crippen molar-refractivity contribution >= 4 is 172 Å². The van der Waals surface area contributed by atoms with Crippen molar-refractivity contribution < 1.29 is 0 Å². The van der Waals surface area contributed by atoms with Crippen molar-refractivity contribution in [2.24, 2.45) is 0 Å². The maximum Gasteiger partial charge on any atom is 0.0529 e. The Morgan fingerprint density at radius 2 is 0.639 bits per heavy atom. The zero-order valence-electron chi connectivity index (χ0n) is 71.7. The summed E-state index contributed by atoms with van der Waals surface area (Å²) in [4.78, 5) is 34.9. The second-order valence-corrected chi connectivity index (χ2v) is 43.2. The predicted molar refractivity (Wildman–Crippen MR) is 540 cm³/mol. The van der Waals surface area contributed by atoms with Crippen LogP contribution in [0.4, 0.5) is 28.4 Å². The molecule has 0 saturated carbocycles. The van der Waals surface area contributed by atoms with Crippen molar-refractivity contribution in [3.05, 3.63) is 231 Å². The number of hydrogen-bond donors (Lipinski definition) is 6. The van der Waals surface area contributed by atoms with Crippen LogP contribution in [0.15, 0.2) is 203 Å². The van der Waals surface area contributed by atoms with Crippen LogP contribution < -0.4 is 29.8 Å². The highest BCUT2D eigenvalue weighted by Crippen LogP contribution is 2.42. The molecule has 0 radical (unpaired) electrons. The highest BCUT2D eigenvalue weighted by Gasteiger charge is 2.28. The van der Waals surface area contributed by atoms with Crippen LogP contribution in [-0.4, -0.2) is 236 Å². The Kier molecular flexibility index (Phi) is 35.6. The molecule has 3 fully saturated rings. The molecule has 8 aliphatic rings. The second kappa shape index (κ2) is 47.3. The molecule has 0 aliphatic carbocycles. The van der Waals surface area contributed by atoms with Crippen LogP contribution in [-0.2, 0) is 32.1 Å². The summed E-state index contributed by atoms with van der Waals surface area (Å²) in [5, 5.41) is 54.9. The number of hydrogen-bond acceptors (Lipinski definition) is 25. The Balaban J connectivity index is 0.000000125. The molecule has 13 heterocycles.